The maximum Gasteiger partial charge on any atom is 0.167 e. The van der Waals surface area contributed by atoms with Crippen LogP contribution in [0.4, 0.5) is 10.1 Å². The van der Waals surface area contributed by atoms with Gasteiger partial charge in [0.15, 0.2) is 11.6 Å². The maximum absolute atomic E-state index is 13.8. The Kier molecular flexibility index (Phi) is 4.36. The molecule has 20 heavy (non-hydrogen) atoms. The van der Waals surface area contributed by atoms with Crippen molar-refractivity contribution in [3.05, 3.63) is 29.7 Å². The Bertz CT molecular complexity index is 664. The molecule has 5 heteroatoms. The first-order chi connectivity index (χ1) is 9.71. The van der Waals surface area contributed by atoms with Gasteiger partial charge in [0, 0.05) is 24.2 Å². The summed E-state index contributed by atoms with van der Waals surface area (Å²) in [5, 5.41) is 13.1. The van der Waals surface area contributed by atoms with Crippen molar-refractivity contribution in [1.82, 2.24) is 4.98 Å². The van der Waals surface area contributed by atoms with Crippen LogP contribution in [0.2, 0.25) is 0 Å². The molecule has 0 fully saturated rings. The molecule has 2 rings (SSSR count). The predicted octanol–water partition coefficient (Wildman–Crippen LogP) is 3.47. The van der Waals surface area contributed by atoms with Crippen molar-refractivity contribution < 1.29 is 9.13 Å². The van der Waals surface area contributed by atoms with Crippen molar-refractivity contribution in [3.8, 4) is 11.8 Å². The smallest absolute Gasteiger partial charge is 0.167 e. The van der Waals surface area contributed by atoms with Crippen LogP contribution < -0.4 is 10.1 Å². The Morgan fingerprint density at radius 2 is 2.20 bits per heavy atom. The van der Waals surface area contributed by atoms with E-state index < -0.39 is 5.82 Å². The van der Waals surface area contributed by atoms with Crippen molar-refractivity contribution in [1.29, 1.82) is 5.26 Å². The molecule has 0 aliphatic carbocycles. The largest absolute Gasteiger partial charge is 0.491 e. The van der Waals surface area contributed by atoms with E-state index >= 15 is 0 Å². The summed E-state index contributed by atoms with van der Waals surface area (Å²) in [4.78, 5) is 4.12. The summed E-state index contributed by atoms with van der Waals surface area (Å²) in [6, 6.07) is 5.03. The van der Waals surface area contributed by atoms with E-state index in [4.69, 9.17) is 10.00 Å². The Morgan fingerprint density at radius 3 is 2.85 bits per heavy atom. The lowest BCUT2D eigenvalue weighted by molar-refractivity contribution is 0.322. The third-order valence-electron chi connectivity index (χ3n) is 2.89. The average molecular weight is 273 g/mol. The molecule has 2 aromatic rings. The number of hydrogen-bond donors (Lipinski definition) is 1. The van der Waals surface area contributed by atoms with Crippen molar-refractivity contribution >= 4 is 16.6 Å². The van der Waals surface area contributed by atoms with Gasteiger partial charge in [-0.3, -0.25) is 4.98 Å². The molecular weight excluding hydrogens is 257 g/mol. The number of fused-ring (bicyclic) bond motifs is 1. The lowest BCUT2D eigenvalue weighted by Crippen LogP contribution is -2.04. The van der Waals surface area contributed by atoms with Crippen LogP contribution in [0.3, 0.4) is 0 Å². The normalized spacial score (nSPS) is 10.3. The fourth-order valence-corrected chi connectivity index (χ4v) is 1.99. The molecule has 1 heterocycles. The zero-order valence-corrected chi connectivity index (χ0v) is 11.5. The molecule has 0 radical (unpaired) electrons. The number of nitrogens with one attached hydrogen (secondary N) is 1. The molecule has 0 unspecified atom stereocenters. The van der Waals surface area contributed by atoms with Gasteiger partial charge in [0.05, 0.1) is 23.4 Å². The molecule has 0 aliphatic rings. The van der Waals surface area contributed by atoms with Gasteiger partial charge in [0.1, 0.15) is 6.07 Å². The highest BCUT2D eigenvalue weighted by Crippen LogP contribution is 2.31. The monoisotopic (exact) mass is 273 g/mol. The van der Waals surface area contributed by atoms with E-state index in [1.54, 1.807) is 13.0 Å². The zero-order chi connectivity index (χ0) is 14.5. The zero-order valence-electron chi connectivity index (χ0n) is 11.5. The predicted molar refractivity (Wildman–Crippen MR) is 76.4 cm³/mol. The van der Waals surface area contributed by atoms with Gasteiger partial charge in [0.2, 0.25) is 0 Å². The summed E-state index contributed by atoms with van der Waals surface area (Å²) in [5.74, 6) is -0.269. The highest BCUT2D eigenvalue weighted by atomic mass is 19.1. The number of ether oxygens (including phenoxy) is 1. The number of nitriles is 1. The van der Waals surface area contributed by atoms with Crippen LogP contribution in [0.1, 0.15) is 25.8 Å². The molecule has 0 spiro atoms. The van der Waals surface area contributed by atoms with Crippen molar-refractivity contribution in [2.24, 2.45) is 0 Å². The molecule has 104 valence electrons. The Morgan fingerprint density at radius 1 is 1.40 bits per heavy atom. The third kappa shape index (κ3) is 2.64. The number of halogens is 1. The molecule has 4 nitrogen and oxygen atoms in total. The van der Waals surface area contributed by atoms with E-state index in [0.717, 1.165) is 13.0 Å². The van der Waals surface area contributed by atoms with Crippen LogP contribution in [-0.4, -0.2) is 18.1 Å². The number of anilines is 1. The second-order valence-electron chi connectivity index (χ2n) is 4.32. The van der Waals surface area contributed by atoms with Crippen molar-refractivity contribution in [2.45, 2.75) is 20.3 Å². The molecule has 0 amide bonds. The molecule has 0 saturated carbocycles. The molecule has 0 aliphatic heterocycles. The van der Waals surface area contributed by atoms with E-state index in [1.807, 2.05) is 6.92 Å². The number of hydrogen-bond acceptors (Lipinski definition) is 4. The summed E-state index contributed by atoms with van der Waals surface area (Å²) in [5.41, 5.74) is 1.63. The van der Waals surface area contributed by atoms with E-state index in [9.17, 15) is 4.39 Å². The molecule has 1 N–H and O–H groups in total. The number of pyridine rings is 1. The molecule has 1 aromatic carbocycles. The van der Waals surface area contributed by atoms with Gasteiger partial charge >= 0.3 is 0 Å². The van der Waals surface area contributed by atoms with Crippen LogP contribution in [-0.2, 0) is 0 Å². The minimum Gasteiger partial charge on any atom is -0.491 e. The first-order valence-electron chi connectivity index (χ1n) is 6.60. The number of benzene rings is 1. The van der Waals surface area contributed by atoms with Gasteiger partial charge in [-0.05, 0) is 19.4 Å². The number of nitrogens with zero attached hydrogens (tertiary/aromatic N) is 2. The summed E-state index contributed by atoms with van der Waals surface area (Å²) in [7, 11) is 0. The molecule has 0 atom stereocenters. The van der Waals surface area contributed by atoms with Crippen LogP contribution in [0.25, 0.3) is 10.9 Å². The minimum absolute atomic E-state index is 0.177. The van der Waals surface area contributed by atoms with Crippen LogP contribution >= 0.6 is 0 Å². The lowest BCUT2D eigenvalue weighted by atomic mass is 10.1. The summed E-state index contributed by atoms with van der Waals surface area (Å²) in [6.45, 7) is 4.94. The fraction of sp³-hybridized carbons (Fsp3) is 0.333. The van der Waals surface area contributed by atoms with E-state index in [1.165, 1.54) is 12.3 Å². The van der Waals surface area contributed by atoms with Crippen molar-refractivity contribution in [2.75, 3.05) is 18.5 Å². The average Bonchev–Trinajstić information content (AvgIpc) is 2.46. The van der Waals surface area contributed by atoms with E-state index in [-0.39, 0.29) is 5.75 Å². The van der Waals surface area contributed by atoms with Gasteiger partial charge in [-0.25, -0.2) is 4.39 Å². The number of rotatable bonds is 5. The van der Waals surface area contributed by atoms with Gasteiger partial charge in [0.25, 0.3) is 0 Å². The van der Waals surface area contributed by atoms with Crippen LogP contribution in [0.15, 0.2) is 18.3 Å². The highest BCUT2D eigenvalue weighted by Gasteiger charge is 2.13. The van der Waals surface area contributed by atoms with Crippen LogP contribution in [0.5, 0.6) is 5.75 Å². The van der Waals surface area contributed by atoms with Crippen LogP contribution in [0, 0.1) is 17.1 Å². The van der Waals surface area contributed by atoms with Gasteiger partial charge in [-0.2, -0.15) is 5.26 Å². The van der Waals surface area contributed by atoms with Gasteiger partial charge < -0.3 is 10.1 Å². The number of aromatic nitrogens is 1. The van der Waals surface area contributed by atoms with Crippen molar-refractivity contribution in [3.63, 3.8) is 0 Å². The van der Waals surface area contributed by atoms with E-state index in [2.05, 4.69) is 16.4 Å². The molecule has 1 aromatic heterocycles. The first-order valence-corrected chi connectivity index (χ1v) is 6.60. The first kappa shape index (κ1) is 14.1. The lowest BCUT2D eigenvalue weighted by Gasteiger charge is -2.12. The maximum atomic E-state index is 13.8. The second kappa shape index (κ2) is 6.20. The quantitative estimate of drug-likeness (QED) is 0.906. The summed E-state index contributed by atoms with van der Waals surface area (Å²) < 4.78 is 19.1. The molecular formula is C15H16FN3O. The summed E-state index contributed by atoms with van der Waals surface area (Å²) >= 11 is 0. The fourth-order valence-electron chi connectivity index (χ4n) is 1.99. The van der Waals surface area contributed by atoms with E-state index in [0.29, 0.717) is 28.8 Å². The standard InChI is InChI=1S/C15H16FN3O/c1-3-5-18-15-10(8-17)9-19-13-7-12(16)14(20-4-2)6-11(13)15/h6-7,9H,3-5H2,1-2H3,(H,18,19). The van der Waals surface area contributed by atoms with Gasteiger partial charge in [-0.1, -0.05) is 6.92 Å². The summed E-state index contributed by atoms with van der Waals surface area (Å²) in [6.07, 6.45) is 2.38. The highest BCUT2D eigenvalue weighted by molar-refractivity contribution is 5.94. The second-order valence-corrected chi connectivity index (χ2v) is 4.32. The van der Waals surface area contributed by atoms with Gasteiger partial charge in [-0.15, -0.1) is 0 Å². The Balaban J connectivity index is 2.64. The SMILES string of the molecule is CCCNc1c(C#N)cnc2cc(F)c(OCC)cc12. The topological polar surface area (TPSA) is 57.9 Å². The molecule has 0 saturated heterocycles. The minimum atomic E-state index is -0.446. The molecule has 0 bridgehead atoms. The Hall–Kier alpha value is -2.35. The third-order valence-corrected chi connectivity index (χ3v) is 2.89. The Labute approximate surface area is 117 Å².